The Morgan fingerprint density at radius 1 is 1.60 bits per heavy atom. The molecule has 0 rings (SSSR count). The lowest BCUT2D eigenvalue weighted by atomic mass is 10.1. The molecule has 0 bridgehead atoms. The van der Waals surface area contributed by atoms with Gasteiger partial charge in [0.25, 0.3) is 0 Å². The third-order valence-electron chi connectivity index (χ3n) is 1.46. The van der Waals surface area contributed by atoms with Crippen LogP contribution in [0.25, 0.3) is 0 Å². The standard InChI is InChI=1S/C8H16O2/c1-3-7(2)6-8(10)4-5-9/h6,8-10H,3-5H2,1-2H3. The largest absolute Gasteiger partial charge is 0.396 e. The van der Waals surface area contributed by atoms with Crippen molar-refractivity contribution in [1.29, 1.82) is 0 Å². The molecule has 2 nitrogen and oxygen atoms in total. The van der Waals surface area contributed by atoms with Gasteiger partial charge < -0.3 is 10.2 Å². The molecule has 0 heterocycles. The summed E-state index contributed by atoms with van der Waals surface area (Å²) in [4.78, 5) is 0. The van der Waals surface area contributed by atoms with Crippen molar-refractivity contribution in [3.05, 3.63) is 11.6 Å². The van der Waals surface area contributed by atoms with Crippen LogP contribution in [-0.4, -0.2) is 22.9 Å². The number of hydrogen-bond acceptors (Lipinski definition) is 2. The van der Waals surface area contributed by atoms with Crippen molar-refractivity contribution in [1.82, 2.24) is 0 Å². The molecular formula is C8H16O2. The topological polar surface area (TPSA) is 40.5 Å². The average Bonchev–Trinajstić information content (AvgIpc) is 1.88. The van der Waals surface area contributed by atoms with E-state index in [0.717, 1.165) is 6.42 Å². The van der Waals surface area contributed by atoms with Crippen molar-refractivity contribution in [2.24, 2.45) is 0 Å². The Bertz CT molecular complexity index is 108. The zero-order valence-corrected chi connectivity index (χ0v) is 6.67. The summed E-state index contributed by atoms with van der Waals surface area (Å²) in [6, 6.07) is 0. The molecule has 0 aromatic rings. The highest BCUT2D eigenvalue weighted by Gasteiger charge is 1.97. The fourth-order valence-electron chi connectivity index (χ4n) is 0.662. The molecule has 0 radical (unpaired) electrons. The number of hydrogen-bond donors (Lipinski definition) is 2. The molecule has 0 aliphatic rings. The van der Waals surface area contributed by atoms with Gasteiger partial charge in [0.05, 0.1) is 6.10 Å². The van der Waals surface area contributed by atoms with Crippen LogP contribution >= 0.6 is 0 Å². The molecular weight excluding hydrogens is 128 g/mol. The molecule has 1 atom stereocenters. The summed E-state index contributed by atoms with van der Waals surface area (Å²) in [5, 5.41) is 17.5. The summed E-state index contributed by atoms with van der Waals surface area (Å²) < 4.78 is 0. The molecule has 0 aliphatic heterocycles. The summed E-state index contributed by atoms with van der Waals surface area (Å²) in [5.74, 6) is 0. The van der Waals surface area contributed by atoms with Crippen molar-refractivity contribution in [3.63, 3.8) is 0 Å². The van der Waals surface area contributed by atoms with E-state index in [4.69, 9.17) is 10.2 Å². The van der Waals surface area contributed by atoms with Crippen molar-refractivity contribution in [2.45, 2.75) is 32.8 Å². The fraction of sp³-hybridized carbons (Fsp3) is 0.750. The number of rotatable bonds is 4. The van der Waals surface area contributed by atoms with Gasteiger partial charge in [-0.1, -0.05) is 18.6 Å². The molecule has 0 saturated heterocycles. The Kier molecular flexibility index (Phi) is 5.26. The van der Waals surface area contributed by atoms with Crippen LogP contribution in [0, 0.1) is 0 Å². The maximum atomic E-state index is 9.11. The van der Waals surface area contributed by atoms with Crippen LogP contribution in [-0.2, 0) is 0 Å². The second-order valence-electron chi connectivity index (χ2n) is 2.45. The Morgan fingerprint density at radius 3 is 2.60 bits per heavy atom. The molecule has 60 valence electrons. The molecule has 0 saturated carbocycles. The molecule has 10 heavy (non-hydrogen) atoms. The monoisotopic (exact) mass is 144 g/mol. The highest BCUT2D eigenvalue weighted by atomic mass is 16.3. The van der Waals surface area contributed by atoms with E-state index in [9.17, 15) is 0 Å². The van der Waals surface area contributed by atoms with Gasteiger partial charge in [-0.05, 0) is 19.8 Å². The second-order valence-corrected chi connectivity index (χ2v) is 2.45. The number of allylic oxidation sites excluding steroid dienone is 1. The summed E-state index contributed by atoms with van der Waals surface area (Å²) >= 11 is 0. The first-order valence-corrected chi connectivity index (χ1v) is 3.67. The molecule has 0 fully saturated rings. The van der Waals surface area contributed by atoms with Gasteiger partial charge in [-0.25, -0.2) is 0 Å². The van der Waals surface area contributed by atoms with E-state index in [2.05, 4.69) is 0 Å². The number of aliphatic hydroxyl groups is 2. The maximum Gasteiger partial charge on any atom is 0.0745 e. The van der Waals surface area contributed by atoms with E-state index >= 15 is 0 Å². The minimum Gasteiger partial charge on any atom is -0.396 e. The molecule has 0 amide bonds. The molecule has 0 aromatic heterocycles. The smallest absolute Gasteiger partial charge is 0.0745 e. The van der Waals surface area contributed by atoms with Gasteiger partial charge in [-0.3, -0.25) is 0 Å². The number of aliphatic hydroxyl groups excluding tert-OH is 2. The summed E-state index contributed by atoms with van der Waals surface area (Å²) in [6.45, 7) is 4.06. The van der Waals surface area contributed by atoms with E-state index in [-0.39, 0.29) is 6.61 Å². The molecule has 2 N–H and O–H groups in total. The second kappa shape index (κ2) is 5.45. The van der Waals surface area contributed by atoms with Crippen LogP contribution in [0.5, 0.6) is 0 Å². The third-order valence-corrected chi connectivity index (χ3v) is 1.46. The first kappa shape index (κ1) is 9.66. The van der Waals surface area contributed by atoms with Gasteiger partial charge in [-0.15, -0.1) is 0 Å². The summed E-state index contributed by atoms with van der Waals surface area (Å²) in [5.41, 5.74) is 1.17. The van der Waals surface area contributed by atoms with E-state index < -0.39 is 6.10 Å². The van der Waals surface area contributed by atoms with E-state index in [1.165, 1.54) is 5.57 Å². The third kappa shape index (κ3) is 4.53. The van der Waals surface area contributed by atoms with E-state index in [1.807, 2.05) is 13.8 Å². The lowest BCUT2D eigenvalue weighted by Crippen LogP contribution is -2.05. The average molecular weight is 144 g/mol. The Labute approximate surface area is 62.2 Å². The summed E-state index contributed by atoms with van der Waals surface area (Å²) in [6.07, 6.45) is 2.72. The highest BCUT2D eigenvalue weighted by molar-refractivity contribution is 5.00. The van der Waals surface area contributed by atoms with Gasteiger partial charge >= 0.3 is 0 Å². The van der Waals surface area contributed by atoms with Crippen molar-refractivity contribution in [3.8, 4) is 0 Å². The van der Waals surface area contributed by atoms with Crippen LogP contribution in [0.3, 0.4) is 0 Å². The van der Waals surface area contributed by atoms with Crippen LogP contribution < -0.4 is 0 Å². The molecule has 2 heteroatoms. The van der Waals surface area contributed by atoms with Crippen molar-refractivity contribution < 1.29 is 10.2 Å². The molecule has 0 aliphatic carbocycles. The minimum atomic E-state index is -0.468. The van der Waals surface area contributed by atoms with Crippen LogP contribution in [0.4, 0.5) is 0 Å². The van der Waals surface area contributed by atoms with Gasteiger partial charge in [0.15, 0.2) is 0 Å². The van der Waals surface area contributed by atoms with Gasteiger partial charge in [0.2, 0.25) is 0 Å². The van der Waals surface area contributed by atoms with Crippen LogP contribution in [0.15, 0.2) is 11.6 Å². The predicted octanol–water partition coefficient (Wildman–Crippen LogP) is 1.09. The van der Waals surface area contributed by atoms with E-state index in [0.29, 0.717) is 6.42 Å². The lowest BCUT2D eigenvalue weighted by molar-refractivity contribution is 0.169. The highest BCUT2D eigenvalue weighted by Crippen LogP contribution is 2.02. The first-order chi connectivity index (χ1) is 4.70. The van der Waals surface area contributed by atoms with Gasteiger partial charge in [-0.2, -0.15) is 0 Å². The lowest BCUT2D eigenvalue weighted by Gasteiger charge is -2.03. The Hall–Kier alpha value is -0.340. The zero-order chi connectivity index (χ0) is 7.98. The molecule has 0 spiro atoms. The molecule has 1 unspecified atom stereocenters. The fourth-order valence-corrected chi connectivity index (χ4v) is 0.662. The Balaban J connectivity index is 3.62. The van der Waals surface area contributed by atoms with Crippen LogP contribution in [0.2, 0.25) is 0 Å². The van der Waals surface area contributed by atoms with Crippen molar-refractivity contribution >= 4 is 0 Å². The SMILES string of the molecule is CCC(C)=CC(O)CCO. The van der Waals surface area contributed by atoms with E-state index in [1.54, 1.807) is 6.08 Å². The van der Waals surface area contributed by atoms with Crippen molar-refractivity contribution in [2.75, 3.05) is 6.61 Å². The van der Waals surface area contributed by atoms with Gasteiger partial charge in [0, 0.05) is 6.61 Å². The first-order valence-electron chi connectivity index (χ1n) is 3.67. The minimum absolute atomic E-state index is 0.0503. The van der Waals surface area contributed by atoms with Gasteiger partial charge in [0.1, 0.15) is 0 Å². The quantitative estimate of drug-likeness (QED) is 0.580. The summed E-state index contributed by atoms with van der Waals surface area (Å²) in [7, 11) is 0. The Morgan fingerprint density at radius 2 is 2.20 bits per heavy atom. The normalized spacial score (nSPS) is 15.4. The maximum absolute atomic E-state index is 9.11. The predicted molar refractivity (Wildman–Crippen MR) is 41.8 cm³/mol. The zero-order valence-electron chi connectivity index (χ0n) is 6.67. The molecule has 0 aromatic carbocycles. The van der Waals surface area contributed by atoms with Crippen LogP contribution in [0.1, 0.15) is 26.7 Å².